The van der Waals surface area contributed by atoms with Crippen LogP contribution in [0.25, 0.3) is 0 Å². The molecule has 140 valence electrons. The standard InChI is InChI=1S/C19H27N5O2/c1-15-20-21-22-24(15)14-16-8-10-17(11-9-16)19(25)23-12-4-3-6-18(23)7-5-13-26-2/h8-11,18H,3-7,12-14H2,1-2H3/t18-/m0/s1. The molecule has 0 aliphatic carbocycles. The summed E-state index contributed by atoms with van der Waals surface area (Å²) in [5.41, 5.74) is 1.83. The van der Waals surface area contributed by atoms with Crippen LogP contribution in [0.4, 0.5) is 0 Å². The first kappa shape index (κ1) is 18.5. The van der Waals surface area contributed by atoms with Crippen LogP contribution in [0, 0.1) is 6.92 Å². The van der Waals surface area contributed by atoms with Crippen LogP contribution in [-0.4, -0.2) is 57.3 Å². The second-order valence-electron chi connectivity index (χ2n) is 6.86. The maximum absolute atomic E-state index is 13.0. The highest BCUT2D eigenvalue weighted by Gasteiger charge is 2.27. The number of aromatic nitrogens is 4. The number of ether oxygens (including phenoxy) is 1. The SMILES string of the molecule is COCCC[C@@H]1CCCCN1C(=O)c1ccc(Cn2nnnc2C)cc1. The number of likely N-dealkylation sites (tertiary alicyclic amines) is 1. The zero-order valence-electron chi connectivity index (χ0n) is 15.6. The van der Waals surface area contributed by atoms with E-state index >= 15 is 0 Å². The molecule has 0 saturated carbocycles. The minimum absolute atomic E-state index is 0.136. The monoisotopic (exact) mass is 357 g/mol. The quantitative estimate of drug-likeness (QED) is 0.712. The lowest BCUT2D eigenvalue weighted by molar-refractivity contribution is 0.0585. The summed E-state index contributed by atoms with van der Waals surface area (Å²) in [6.07, 6.45) is 5.38. The van der Waals surface area contributed by atoms with Gasteiger partial charge in [-0.15, -0.1) is 5.10 Å². The molecule has 7 heteroatoms. The van der Waals surface area contributed by atoms with Crippen LogP contribution in [0.2, 0.25) is 0 Å². The van der Waals surface area contributed by atoms with Gasteiger partial charge in [0.05, 0.1) is 6.54 Å². The first-order chi connectivity index (χ1) is 12.7. The number of piperidine rings is 1. The predicted molar refractivity (Wildman–Crippen MR) is 97.9 cm³/mol. The molecule has 1 saturated heterocycles. The lowest BCUT2D eigenvalue weighted by atomic mass is 9.97. The van der Waals surface area contributed by atoms with Crippen molar-refractivity contribution in [3.05, 3.63) is 41.2 Å². The lowest BCUT2D eigenvalue weighted by Gasteiger charge is -2.36. The molecule has 0 N–H and O–H groups in total. The molecule has 26 heavy (non-hydrogen) atoms. The fraction of sp³-hybridized carbons (Fsp3) is 0.579. The molecule has 0 unspecified atom stereocenters. The molecule has 2 aromatic rings. The predicted octanol–water partition coefficient (Wildman–Crippen LogP) is 2.45. The zero-order valence-corrected chi connectivity index (χ0v) is 15.6. The fourth-order valence-corrected chi connectivity index (χ4v) is 3.52. The third-order valence-electron chi connectivity index (χ3n) is 5.02. The van der Waals surface area contributed by atoms with Gasteiger partial charge in [-0.1, -0.05) is 12.1 Å². The van der Waals surface area contributed by atoms with Crippen molar-refractivity contribution in [2.24, 2.45) is 0 Å². The van der Waals surface area contributed by atoms with Gasteiger partial charge in [-0.25, -0.2) is 4.68 Å². The van der Waals surface area contributed by atoms with E-state index < -0.39 is 0 Å². The van der Waals surface area contributed by atoms with Gasteiger partial charge < -0.3 is 9.64 Å². The first-order valence-corrected chi connectivity index (χ1v) is 9.30. The van der Waals surface area contributed by atoms with Gasteiger partial charge in [0.25, 0.3) is 5.91 Å². The van der Waals surface area contributed by atoms with E-state index in [1.165, 1.54) is 6.42 Å². The van der Waals surface area contributed by atoms with Gasteiger partial charge in [-0.05, 0) is 67.2 Å². The smallest absolute Gasteiger partial charge is 0.254 e. The van der Waals surface area contributed by atoms with Crippen LogP contribution >= 0.6 is 0 Å². The van der Waals surface area contributed by atoms with Gasteiger partial charge in [-0.3, -0.25) is 4.79 Å². The van der Waals surface area contributed by atoms with Gasteiger partial charge in [0, 0.05) is 31.9 Å². The molecule has 0 bridgehead atoms. The Morgan fingerprint density at radius 1 is 1.27 bits per heavy atom. The fourth-order valence-electron chi connectivity index (χ4n) is 3.52. The van der Waals surface area contributed by atoms with Crippen LogP contribution < -0.4 is 0 Å². The van der Waals surface area contributed by atoms with Crippen molar-refractivity contribution in [1.82, 2.24) is 25.1 Å². The number of tetrazole rings is 1. The number of amides is 1. The van der Waals surface area contributed by atoms with Crippen LogP contribution in [0.15, 0.2) is 24.3 Å². The van der Waals surface area contributed by atoms with Crippen molar-refractivity contribution in [2.75, 3.05) is 20.3 Å². The first-order valence-electron chi connectivity index (χ1n) is 9.30. The molecule has 0 spiro atoms. The second kappa shape index (κ2) is 8.89. The number of methoxy groups -OCH3 is 1. The van der Waals surface area contributed by atoms with Crippen molar-refractivity contribution in [3.8, 4) is 0 Å². The van der Waals surface area contributed by atoms with E-state index in [4.69, 9.17) is 4.74 Å². The largest absolute Gasteiger partial charge is 0.385 e. The summed E-state index contributed by atoms with van der Waals surface area (Å²) in [7, 11) is 1.72. The van der Waals surface area contributed by atoms with E-state index in [1.54, 1.807) is 11.8 Å². The summed E-state index contributed by atoms with van der Waals surface area (Å²) < 4.78 is 6.90. The molecule has 2 heterocycles. The third kappa shape index (κ3) is 4.46. The van der Waals surface area contributed by atoms with Crippen molar-refractivity contribution in [3.63, 3.8) is 0 Å². The molecule has 1 aromatic heterocycles. The minimum atomic E-state index is 0.136. The Balaban J connectivity index is 1.65. The number of aryl methyl sites for hydroxylation is 1. The molecular weight excluding hydrogens is 330 g/mol. The molecule has 7 nitrogen and oxygen atoms in total. The Hall–Kier alpha value is -2.28. The number of benzene rings is 1. The Labute approximate surface area is 154 Å². The van der Waals surface area contributed by atoms with Crippen LogP contribution in [-0.2, 0) is 11.3 Å². The van der Waals surface area contributed by atoms with E-state index in [-0.39, 0.29) is 5.91 Å². The van der Waals surface area contributed by atoms with Gasteiger partial charge in [-0.2, -0.15) is 0 Å². The molecule has 1 fully saturated rings. The number of hydrogen-bond acceptors (Lipinski definition) is 5. The third-order valence-corrected chi connectivity index (χ3v) is 5.02. The topological polar surface area (TPSA) is 73.1 Å². The highest BCUT2D eigenvalue weighted by atomic mass is 16.5. The molecule has 1 aliphatic heterocycles. The van der Waals surface area contributed by atoms with Crippen molar-refractivity contribution < 1.29 is 9.53 Å². The lowest BCUT2D eigenvalue weighted by Crippen LogP contribution is -2.43. The Morgan fingerprint density at radius 3 is 2.77 bits per heavy atom. The summed E-state index contributed by atoms with van der Waals surface area (Å²) in [6, 6.07) is 8.13. The molecule has 1 amide bonds. The Morgan fingerprint density at radius 2 is 2.08 bits per heavy atom. The Bertz CT molecular complexity index is 713. The van der Waals surface area contributed by atoms with Crippen molar-refractivity contribution >= 4 is 5.91 Å². The van der Waals surface area contributed by atoms with Gasteiger partial charge in [0.1, 0.15) is 5.82 Å². The highest BCUT2D eigenvalue weighted by Crippen LogP contribution is 2.23. The summed E-state index contributed by atoms with van der Waals surface area (Å²) in [5.74, 6) is 0.912. The summed E-state index contributed by atoms with van der Waals surface area (Å²) in [6.45, 7) is 4.08. The van der Waals surface area contributed by atoms with Crippen molar-refractivity contribution in [1.29, 1.82) is 0 Å². The van der Waals surface area contributed by atoms with Crippen LogP contribution in [0.1, 0.15) is 53.8 Å². The van der Waals surface area contributed by atoms with Crippen LogP contribution in [0.5, 0.6) is 0 Å². The summed E-state index contributed by atoms with van der Waals surface area (Å²) >= 11 is 0. The minimum Gasteiger partial charge on any atom is -0.385 e. The number of rotatable bonds is 7. The molecule has 0 radical (unpaired) electrons. The maximum atomic E-state index is 13.0. The number of hydrogen-bond donors (Lipinski definition) is 0. The van der Waals surface area contributed by atoms with Crippen LogP contribution in [0.3, 0.4) is 0 Å². The molecule has 1 aliphatic rings. The average molecular weight is 357 g/mol. The highest BCUT2D eigenvalue weighted by molar-refractivity contribution is 5.94. The molecular formula is C19H27N5O2. The number of nitrogens with zero attached hydrogens (tertiary/aromatic N) is 5. The van der Waals surface area contributed by atoms with E-state index in [9.17, 15) is 4.79 Å². The van der Waals surface area contributed by atoms with Crippen molar-refractivity contribution in [2.45, 2.75) is 51.6 Å². The Kier molecular flexibility index (Phi) is 6.33. The van der Waals surface area contributed by atoms with Gasteiger partial charge in [0.15, 0.2) is 0 Å². The van der Waals surface area contributed by atoms with E-state index in [0.717, 1.165) is 55.8 Å². The molecule has 3 rings (SSSR count). The van der Waals surface area contributed by atoms with Gasteiger partial charge in [0.2, 0.25) is 0 Å². The number of carbonyl (C=O) groups is 1. The normalized spacial score (nSPS) is 17.5. The second-order valence-corrected chi connectivity index (χ2v) is 6.86. The van der Waals surface area contributed by atoms with Gasteiger partial charge >= 0.3 is 0 Å². The summed E-state index contributed by atoms with van der Waals surface area (Å²) in [5, 5.41) is 11.5. The average Bonchev–Trinajstić information content (AvgIpc) is 3.07. The molecule has 1 atom stereocenters. The summed E-state index contributed by atoms with van der Waals surface area (Å²) in [4.78, 5) is 15.0. The van der Waals surface area contributed by atoms with E-state index in [1.807, 2.05) is 31.2 Å². The zero-order chi connectivity index (χ0) is 18.4. The van der Waals surface area contributed by atoms with E-state index in [2.05, 4.69) is 20.4 Å². The molecule has 1 aromatic carbocycles. The van der Waals surface area contributed by atoms with E-state index in [0.29, 0.717) is 12.6 Å². The maximum Gasteiger partial charge on any atom is 0.254 e. The number of carbonyl (C=O) groups excluding carboxylic acids is 1.